The zero-order valence-electron chi connectivity index (χ0n) is 15.5. The minimum Gasteiger partial charge on any atom is -0.480 e. The van der Waals surface area contributed by atoms with Crippen molar-refractivity contribution in [1.82, 2.24) is 9.21 Å². The average Bonchev–Trinajstić information content (AvgIpc) is 2.69. The fourth-order valence-electron chi connectivity index (χ4n) is 2.99. The van der Waals surface area contributed by atoms with E-state index in [0.717, 1.165) is 4.31 Å². The molecule has 0 radical (unpaired) electrons. The highest BCUT2D eigenvalue weighted by Crippen LogP contribution is 2.27. The fourth-order valence-corrected chi connectivity index (χ4v) is 4.69. The Balaban J connectivity index is 1.80. The molecule has 1 fully saturated rings. The molecule has 1 amide bonds. The molecule has 3 rings (SSSR count). The quantitative estimate of drug-likeness (QED) is 0.768. The van der Waals surface area contributed by atoms with Crippen molar-refractivity contribution in [3.63, 3.8) is 0 Å². The number of ether oxygens (including phenoxy) is 1. The second kappa shape index (κ2) is 8.40. The highest BCUT2D eigenvalue weighted by molar-refractivity contribution is 7.89. The smallest absolute Gasteiger partial charge is 0.323 e. The van der Waals surface area contributed by atoms with E-state index in [-0.39, 0.29) is 30.4 Å². The maximum atomic E-state index is 13.0. The third kappa shape index (κ3) is 4.69. The van der Waals surface area contributed by atoms with E-state index in [4.69, 9.17) is 16.3 Å². The van der Waals surface area contributed by atoms with Crippen molar-refractivity contribution in [3.05, 3.63) is 53.6 Å². The standard InChI is InChI=1S/C19H19ClN2O6S/c1-13(23)21-10-11-22(18(12-21)19(24)25)29(26,27)17-8-6-16(7-9-17)28-15-4-2-14(20)3-5-15/h2-9,18H,10-12H2,1H3,(H,24,25). The molecule has 0 aliphatic carbocycles. The van der Waals surface area contributed by atoms with Crippen LogP contribution < -0.4 is 4.74 Å². The number of halogens is 1. The van der Waals surface area contributed by atoms with Gasteiger partial charge in [-0.05, 0) is 48.5 Å². The summed E-state index contributed by atoms with van der Waals surface area (Å²) in [4.78, 5) is 24.4. The maximum Gasteiger partial charge on any atom is 0.323 e. The van der Waals surface area contributed by atoms with E-state index in [9.17, 15) is 23.1 Å². The molecule has 10 heteroatoms. The van der Waals surface area contributed by atoms with Gasteiger partial charge in [0.1, 0.15) is 17.5 Å². The third-order valence-corrected chi connectivity index (χ3v) is 6.72. The Hall–Kier alpha value is -2.62. The SMILES string of the molecule is CC(=O)N1CCN(S(=O)(=O)c2ccc(Oc3ccc(Cl)cc3)cc2)C(C(=O)O)C1. The molecule has 1 aliphatic heterocycles. The summed E-state index contributed by atoms with van der Waals surface area (Å²) in [7, 11) is -4.06. The minimum atomic E-state index is -4.06. The summed E-state index contributed by atoms with van der Waals surface area (Å²) >= 11 is 5.83. The summed E-state index contributed by atoms with van der Waals surface area (Å²) in [6.45, 7) is 1.17. The molecule has 1 N–H and O–H groups in total. The monoisotopic (exact) mass is 438 g/mol. The van der Waals surface area contributed by atoms with E-state index in [1.807, 2.05) is 0 Å². The number of hydrogen-bond acceptors (Lipinski definition) is 5. The van der Waals surface area contributed by atoms with Crippen LogP contribution in [0.3, 0.4) is 0 Å². The molecule has 2 aromatic rings. The van der Waals surface area contributed by atoms with E-state index in [2.05, 4.69) is 0 Å². The number of rotatable bonds is 5. The number of sulfonamides is 1. The molecule has 1 heterocycles. The summed E-state index contributed by atoms with van der Waals surface area (Å²) in [6.07, 6.45) is 0. The molecule has 29 heavy (non-hydrogen) atoms. The van der Waals surface area contributed by atoms with E-state index >= 15 is 0 Å². The minimum absolute atomic E-state index is 0.0523. The number of piperazine rings is 1. The van der Waals surface area contributed by atoms with Gasteiger partial charge >= 0.3 is 5.97 Å². The molecule has 0 spiro atoms. The first-order chi connectivity index (χ1) is 13.7. The van der Waals surface area contributed by atoms with Crippen molar-refractivity contribution in [2.75, 3.05) is 19.6 Å². The number of hydrogen-bond donors (Lipinski definition) is 1. The van der Waals surface area contributed by atoms with Crippen LogP contribution in [0.25, 0.3) is 0 Å². The lowest BCUT2D eigenvalue weighted by Crippen LogP contribution is -2.58. The topological polar surface area (TPSA) is 104 Å². The first-order valence-corrected chi connectivity index (χ1v) is 10.5. The van der Waals surface area contributed by atoms with Gasteiger partial charge in [-0.2, -0.15) is 4.31 Å². The molecule has 2 aromatic carbocycles. The van der Waals surface area contributed by atoms with Gasteiger partial charge in [0.25, 0.3) is 0 Å². The Morgan fingerprint density at radius 2 is 1.59 bits per heavy atom. The van der Waals surface area contributed by atoms with Crippen molar-refractivity contribution in [2.45, 2.75) is 17.9 Å². The van der Waals surface area contributed by atoms with Crippen LogP contribution in [0.5, 0.6) is 11.5 Å². The number of carboxylic acid groups (broad SMARTS) is 1. The molecule has 8 nitrogen and oxygen atoms in total. The van der Waals surface area contributed by atoms with Crippen LogP contribution in [0.1, 0.15) is 6.92 Å². The summed E-state index contributed by atoms with van der Waals surface area (Å²) in [5, 5.41) is 10.0. The summed E-state index contributed by atoms with van der Waals surface area (Å²) in [5.74, 6) is -0.641. The predicted octanol–water partition coefficient (Wildman–Crippen LogP) is 2.44. The second-order valence-corrected chi connectivity index (χ2v) is 8.79. The Morgan fingerprint density at radius 1 is 1.03 bits per heavy atom. The number of benzene rings is 2. The first kappa shape index (κ1) is 21.1. The van der Waals surface area contributed by atoms with Gasteiger partial charge in [0.2, 0.25) is 15.9 Å². The summed E-state index contributed by atoms with van der Waals surface area (Å²) in [5.41, 5.74) is 0. The second-order valence-electron chi connectivity index (χ2n) is 6.46. The van der Waals surface area contributed by atoms with E-state index in [1.165, 1.54) is 36.1 Å². The number of carbonyl (C=O) groups excluding carboxylic acids is 1. The van der Waals surface area contributed by atoms with Crippen molar-refractivity contribution < 1.29 is 27.9 Å². The summed E-state index contributed by atoms with van der Waals surface area (Å²) in [6, 6.07) is 11.0. The molecular formula is C19H19ClN2O6S. The van der Waals surface area contributed by atoms with Gasteiger partial charge in [-0.15, -0.1) is 0 Å². The number of carbonyl (C=O) groups is 2. The molecule has 1 saturated heterocycles. The van der Waals surface area contributed by atoms with Crippen LogP contribution in [0, 0.1) is 0 Å². The predicted molar refractivity (Wildman–Crippen MR) is 106 cm³/mol. The Morgan fingerprint density at radius 3 is 2.10 bits per heavy atom. The normalized spacial score (nSPS) is 17.7. The van der Waals surface area contributed by atoms with Crippen molar-refractivity contribution >= 4 is 33.5 Å². The number of carboxylic acids is 1. The van der Waals surface area contributed by atoms with Gasteiger partial charge < -0.3 is 14.7 Å². The number of aliphatic carboxylic acids is 1. The van der Waals surface area contributed by atoms with Gasteiger partial charge in [-0.1, -0.05) is 11.6 Å². The highest BCUT2D eigenvalue weighted by atomic mass is 35.5. The molecule has 0 aromatic heterocycles. The average molecular weight is 439 g/mol. The Kier molecular flexibility index (Phi) is 6.11. The molecule has 1 unspecified atom stereocenters. The van der Waals surface area contributed by atoms with Crippen LogP contribution in [0.15, 0.2) is 53.4 Å². The third-order valence-electron chi connectivity index (χ3n) is 4.54. The zero-order chi connectivity index (χ0) is 21.2. The molecule has 0 bridgehead atoms. The van der Waals surface area contributed by atoms with E-state index < -0.39 is 22.0 Å². The lowest BCUT2D eigenvalue weighted by molar-refractivity contribution is -0.145. The van der Waals surface area contributed by atoms with Crippen LogP contribution >= 0.6 is 11.6 Å². The van der Waals surface area contributed by atoms with Crippen LogP contribution in [-0.4, -0.2) is 60.3 Å². The van der Waals surface area contributed by atoms with Crippen LogP contribution in [0.4, 0.5) is 0 Å². The van der Waals surface area contributed by atoms with Gasteiger partial charge in [0.15, 0.2) is 0 Å². The lowest BCUT2D eigenvalue weighted by Gasteiger charge is -2.37. The van der Waals surface area contributed by atoms with E-state index in [1.54, 1.807) is 24.3 Å². The van der Waals surface area contributed by atoms with Crippen molar-refractivity contribution in [1.29, 1.82) is 0 Å². The molecule has 1 atom stereocenters. The Bertz CT molecular complexity index is 1010. The van der Waals surface area contributed by atoms with E-state index in [0.29, 0.717) is 16.5 Å². The largest absolute Gasteiger partial charge is 0.480 e. The zero-order valence-corrected chi connectivity index (χ0v) is 17.1. The van der Waals surface area contributed by atoms with Gasteiger partial charge in [-0.25, -0.2) is 8.42 Å². The van der Waals surface area contributed by atoms with Crippen LogP contribution in [0.2, 0.25) is 5.02 Å². The van der Waals surface area contributed by atoms with Gasteiger partial charge in [0, 0.05) is 31.6 Å². The van der Waals surface area contributed by atoms with Crippen molar-refractivity contribution in [2.24, 2.45) is 0 Å². The first-order valence-electron chi connectivity index (χ1n) is 8.72. The summed E-state index contributed by atoms with van der Waals surface area (Å²) < 4.78 is 32.5. The fraction of sp³-hybridized carbons (Fsp3) is 0.263. The molecule has 0 saturated carbocycles. The highest BCUT2D eigenvalue weighted by Gasteiger charge is 2.40. The molecule has 1 aliphatic rings. The molecular weight excluding hydrogens is 420 g/mol. The lowest BCUT2D eigenvalue weighted by atomic mass is 10.2. The number of amides is 1. The Labute approximate surface area is 173 Å². The van der Waals surface area contributed by atoms with Crippen molar-refractivity contribution in [3.8, 4) is 11.5 Å². The van der Waals surface area contributed by atoms with Crippen LogP contribution in [-0.2, 0) is 19.6 Å². The number of nitrogens with zero attached hydrogens (tertiary/aromatic N) is 2. The van der Waals surface area contributed by atoms with Gasteiger partial charge in [-0.3, -0.25) is 9.59 Å². The van der Waals surface area contributed by atoms with Gasteiger partial charge in [0.05, 0.1) is 4.90 Å². The maximum absolute atomic E-state index is 13.0. The molecule has 154 valence electrons.